The quantitative estimate of drug-likeness (QED) is 0.0656. The summed E-state index contributed by atoms with van der Waals surface area (Å²) in [5.41, 5.74) is 5.97. The van der Waals surface area contributed by atoms with E-state index in [-0.39, 0.29) is 61.9 Å². The van der Waals surface area contributed by atoms with Gasteiger partial charge in [0, 0.05) is 38.6 Å². The van der Waals surface area contributed by atoms with Gasteiger partial charge >= 0.3 is 5.97 Å². The van der Waals surface area contributed by atoms with Crippen molar-refractivity contribution in [1.29, 1.82) is 5.41 Å². The largest absolute Gasteiger partial charge is 0.508 e. The maximum absolute atomic E-state index is 13.8. The summed E-state index contributed by atoms with van der Waals surface area (Å²) in [6.45, 7) is 4.20. The number of nitrogens with one attached hydrogen (secondary N) is 6. The predicted molar refractivity (Wildman–Crippen MR) is 183 cm³/mol. The highest BCUT2D eigenvalue weighted by Gasteiger charge is 2.33. The molecule has 0 radical (unpaired) electrons. The Morgan fingerprint density at radius 1 is 0.840 bits per heavy atom. The van der Waals surface area contributed by atoms with E-state index in [1.165, 1.54) is 24.3 Å². The minimum absolute atomic E-state index is 0.0248. The number of amidine groups is 1. The number of carboxylic acids is 1. The van der Waals surface area contributed by atoms with Gasteiger partial charge in [-0.3, -0.25) is 39.0 Å². The van der Waals surface area contributed by atoms with Gasteiger partial charge in [0.15, 0.2) is 5.78 Å². The Morgan fingerprint density at radius 2 is 1.42 bits per heavy atom. The molecule has 10 N–H and O–H groups in total. The number of phenolic OH excluding ortho intramolecular Hbond substituents is 1. The number of carbonyl (C=O) groups excluding carboxylic acids is 6. The molecule has 1 fully saturated rings. The second-order valence-corrected chi connectivity index (χ2v) is 13.0. The second kappa shape index (κ2) is 21.1. The van der Waals surface area contributed by atoms with Crippen LogP contribution in [0.2, 0.25) is 0 Å². The third kappa shape index (κ3) is 15.9. The number of hydrogen-bond acceptors (Lipinski definition) is 9. The average Bonchev–Trinajstić information content (AvgIpc) is 3.03. The molecule has 0 unspecified atom stereocenters. The van der Waals surface area contributed by atoms with Crippen LogP contribution in [0.15, 0.2) is 24.3 Å². The summed E-state index contributed by atoms with van der Waals surface area (Å²) in [4.78, 5) is 90.7. The number of aromatic hydroxyl groups is 1. The van der Waals surface area contributed by atoms with E-state index < -0.39 is 66.0 Å². The Labute approximate surface area is 291 Å². The highest BCUT2D eigenvalue weighted by molar-refractivity contribution is 5.98. The molecule has 1 aliphatic heterocycles. The van der Waals surface area contributed by atoms with Crippen molar-refractivity contribution < 1.29 is 43.8 Å². The molecule has 0 aromatic heterocycles. The summed E-state index contributed by atoms with van der Waals surface area (Å²) >= 11 is 0. The molecular weight excluding hydrogens is 650 g/mol. The van der Waals surface area contributed by atoms with Crippen LogP contribution >= 0.6 is 0 Å². The maximum atomic E-state index is 13.8. The minimum Gasteiger partial charge on any atom is -0.508 e. The molecule has 1 saturated heterocycles. The van der Waals surface area contributed by atoms with Gasteiger partial charge in [0.05, 0.1) is 18.3 Å². The first kappa shape index (κ1) is 41.2. The molecule has 16 nitrogen and oxygen atoms in total. The number of aliphatic carboxylic acids is 1. The molecule has 50 heavy (non-hydrogen) atoms. The van der Waals surface area contributed by atoms with Gasteiger partial charge in [0.25, 0.3) is 0 Å². The average molecular weight is 702 g/mol. The highest BCUT2D eigenvalue weighted by atomic mass is 16.4. The van der Waals surface area contributed by atoms with Gasteiger partial charge in [0.1, 0.15) is 23.9 Å². The molecule has 276 valence electrons. The Kier molecular flexibility index (Phi) is 17.4. The van der Waals surface area contributed by atoms with Gasteiger partial charge in [-0.2, -0.15) is 0 Å². The van der Waals surface area contributed by atoms with E-state index in [1.807, 2.05) is 13.8 Å². The van der Waals surface area contributed by atoms with E-state index in [2.05, 4.69) is 26.6 Å². The number of carbonyl (C=O) groups is 7. The van der Waals surface area contributed by atoms with E-state index in [0.29, 0.717) is 44.2 Å². The predicted octanol–water partition coefficient (Wildman–Crippen LogP) is 0.540. The summed E-state index contributed by atoms with van der Waals surface area (Å²) in [5, 5.41) is 39.7. The van der Waals surface area contributed by atoms with Gasteiger partial charge in [-0.05, 0) is 55.7 Å². The van der Waals surface area contributed by atoms with Crippen molar-refractivity contribution in [3.63, 3.8) is 0 Å². The van der Waals surface area contributed by atoms with E-state index in [0.717, 1.165) is 0 Å². The van der Waals surface area contributed by atoms with E-state index in [4.69, 9.17) is 11.1 Å². The number of Topliss-reactive ketones (excluding diaryl/α,β-unsaturated/α-hetero) is 1. The number of hydrogen-bond donors (Lipinski definition) is 9. The van der Waals surface area contributed by atoms with Crippen molar-refractivity contribution in [2.75, 3.05) is 6.54 Å². The smallest absolute Gasteiger partial charge is 0.305 e. The molecule has 0 saturated carbocycles. The third-order valence-electron chi connectivity index (χ3n) is 8.00. The van der Waals surface area contributed by atoms with Crippen molar-refractivity contribution in [2.45, 2.75) is 115 Å². The maximum Gasteiger partial charge on any atom is 0.305 e. The Morgan fingerprint density at radius 3 is 2.06 bits per heavy atom. The topological polar surface area (TPSA) is 270 Å². The molecule has 1 aromatic carbocycles. The first-order chi connectivity index (χ1) is 23.6. The van der Waals surface area contributed by atoms with Crippen molar-refractivity contribution >= 4 is 47.1 Å². The Bertz CT molecular complexity index is 1370. The van der Waals surface area contributed by atoms with E-state index >= 15 is 0 Å². The summed E-state index contributed by atoms with van der Waals surface area (Å²) < 4.78 is 0. The summed E-state index contributed by atoms with van der Waals surface area (Å²) in [7, 11) is 0. The summed E-state index contributed by atoms with van der Waals surface area (Å²) in [6.07, 6.45) is 1.10. The van der Waals surface area contributed by atoms with Gasteiger partial charge in [-0.15, -0.1) is 0 Å². The van der Waals surface area contributed by atoms with Gasteiger partial charge in [0.2, 0.25) is 29.5 Å². The van der Waals surface area contributed by atoms with Gasteiger partial charge < -0.3 is 42.5 Å². The fourth-order valence-electron chi connectivity index (χ4n) is 5.35. The number of rotatable bonds is 16. The van der Waals surface area contributed by atoms with Crippen LogP contribution in [0.25, 0.3) is 0 Å². The fourth-order valence-corrected chi connectivity index (χ4v) is 5.35. The highest BCUT2D eigenvalue weighted by Crippen LogP contribution is 2.14. The number of unbranched alkanes of at least 4 members (excludes halogenated alkanes) is 2. The monoisotopic (exact) mass is 701 g/mol. The van der Waals surface area contributed by atoms with Crippen LogP contribution in [0.4, 0.5) is 0 Å². The first-order valence-electron chi connectivity index (χ1n) is 17.0. The standard InChI is InChI=1S/C34H51N7O9/c1-20(2)17-30(45)37-16-6-5-8-24-32(48)39-23(7-3-4-9-28(35)36)27(43)14-15-29(44)38-26(19-31(46)47)34(50)41-25(33(49)40-24)18-21-10-12-22(42)13-11-21/h10-13,20,23-26,42H,3-9,14-19H2,1-2H3,(H3,35,36)(H,37,45)(H,38,44)(H,39,48)(H,40,49)(H,41,50)(H,46,47)/t23-,24-,25+,26-/m0/s1. The SMILES string of the molecule is CC(C)CC(=O)NCCCC[C@@H]1NC(=O)[C@@H](Cc2ccc(O)cc2)NC(=O)[C@H](CC(=O)O)NC(=O)CCC(=O)[C@H](CCCCC(=N)N)NC1=O. The number of phenols is 1. The first-order valence-corrected chi connectivity index (χ1v) is 17.0. The van der Waals surface area contributed by atoms with Crippen molar-refractivity contribution in [1.82, 2.24) is 26.6 Å². The molecule has 0 aliphatic carbocycles. The van der Waals surface area contributed by atoms with E-state index in [9.17, 15) is 43.8 Å². The summed E-state index contributed by atoms with van der Waals surface area (Å²) in [6, 6.07) is 0.725. The molecule has 1 aliphatic rings. The number of ketones is 1. The van der Waals surface area contributed by atoms with Gasteiger partial charge in [-0.25, -0.2) is 0 Å². The Hall–Kier alpha value is -5.02. The number of benzene rings is 1. The van der Waals surface area contributed by atoms with Crippen LogP contribution in [0, 0.1) is 11.3 Å². The Balaban J connectivity index is 2.41. The molecule has 2 rings (SSSR count). The second-order valence-electron chi connectivity index (χ2n) is 13.0. The molecule has 0 spiro atoms. The lowest BCUT2D eigenvalue weighted by molar-refractivity contribution is -0.141. The lowest BCUT2D eigenvalue weighted by Crippen LogP contribution is -2.58. The number of nitrogens with two attached hydrogens (primary N) is 1. The molecule has 1 aromatic rings. The molecular formula is C34H51N7O9. The lowest BCUT2D eigenvalue weighted by Gasteiger charge is -2.26. The third-order valence-corrected chi connectivity index (χ3v) is 8.00. The normalized spacial score (nSPS) is 20.8. The van der Waals surface area contributed by atoms with Crippen LogP contribution in [0.5, 0.6) is 5.75 Å². The summed E-state index contributed by atoms with van der Waals surface area (Å²) in [5.74, 6) is -5.01. The minimum atomic E-state index is -1.57. The van der Waals surface area contributed by atoms with Crippen LogP contribution in [0.3, 0.4) is 0 Å². The molecule has 1 heterocycles. The van der Waals surface area contributed by atoms with Crippen molar-refractivity contribution in [2.24, 2.45) is 11.7 Å². The number of carboxylic acid groups (broad SMARTS) is 1. The number of amides is 5. The van der Waals surface area contributed by atoms with Crippen LogP contribution in [-0.4, -0.2) is 88.0 Å². The molecule has 16 heteroatoms. The van der Waals surface area contributed by atoms with Crippen LogP contribution in [-0.2, 0) is 40.0 Å². The fraction of sp³-hybridized carbons (Fsp3) is 0.588. The van der Waals surface area contributed by atoms with Crippen LogP contribution in [0.1, 0.15) is 90.0 Å². The zero-order valence-electron chi connectivity index (χ0n) is 28.7. The van der Waals surface area contributed by atoms with Crippen LogP contribution < -0.4 is 32.3 Å². The van der Waals surface area contributed by atoms with Gasteiger partial charge in [-0.1, -0.05) is 32.4 Å². The van der Waals surface area contributed by atoms with Crippen molar-refractivity contribution in [3.05, 3.63) is 29.8 Å². The molecule has 4 atom stereocenters. The van der Waals surface area contributed by atoms with Crippen molar-refractivity contribution in [3.8, 4) is 5.75 Å². The zero-order chi connectivity index (χ0) is 37.2. The lowest BCUT2D eigenvalue weighted by atomic mass is 9.99. The zero-order valence-corrected chi connectivity index (χ0v) is 28.7. The molecule has 0 bridgehead atoms. The molecule has 5 amide bonds. The van der Waals surface area contributed by atoms with E-state index in [1.54, 1.807) is 0 Å².